The highest BCUT2D eigenvalue weighted by atomic mass is 32.1. The van der Waals surface area contributed by atoms with Crippen molar-refractivity contribution >= 4 is 17.2 Å². The lowest BCUT2D eigenvalue weighted by Crippen LogP contribution is -2.30. The number of aromatic nitrogens is 3. The van der Waals surface area contributed by atoms with E-state index in [2.05, 4.69) is 20.3 Å². The molecule has 1 amide bonds. The van der Waals surface area contributed by atoms with E-state index in [0.717, 1.165) is 10.4 Å². The van der Waals surface area contributed by atoms with Gasteiger partial charge < -0.3 is 10.3 Å². The zero-order chi connectivity index (χ0) is 17.8. The summed E-state index contributed by atoms with van der Waals surface area (Å²) in [6.07, 6.45) is 3.28. The number of carbonyl (C=O) groups excluding carboxylic acids is 1. The fourth-order valence-electron chi connectivity index (χ4n) is 2.52. The van der Waals surface area contributed by atoms with Crippen molar-refractivity contribution in [2.24, 2.45) is 0 Å². The van der Waals surface area contributed by atoms with Crippen LogP contribution >= 0.6 is 11.3 Å². The molecule has 0 spiro atoms. The van der Waals surface area contributed by atoms with Crippen LogP contribution in [-0.4, -0.2) is 20.9 Å². The quantitative estimate of drug-likeness (QED) is 0.737. The number of aryl methyl sites for hydroxylation is 1. The highest BCUT2D eigenvalue weighted by molar-refractivity contribution is 7.10. The van der Waals surface area contributed by atoms with Gasteiger partial charge in [0.05, 0.1) is 12.5 Å². The predicted molar refractivity (Wildman–Crippen MR) is 97.4 cm³/mol. The second-order valence-corrected chi connectivity index (χ2v) is 6.68. The lowest BCUT2D eigenvalue weighted by Gasteiger charge is -2.13. The number of hydrogen-bond donors (Lipinski definition) is 2. The molecule has 3 rings (SSSR count). The van der Waals surface area contributed by atoms with Crippen LogP contribution in [0.2, 0.25) is 0 Å². The van der Waals surface area contributed by atoms with E-state index in [0.29, 0.717) is 17.1 Å². The second-order valence-electron chi connectivity index (χ2n) is 5.70. The van der Waals surface area contributed by atoms with Crippen LogP contribution < -0.4 is 10.9 Å². The van der Waals surface area contributed by atoms with E-state index >= 15 is 0 Å². The number of thiophene rings is 1. The van der Waals surface area contributed by atoms with Crippen LogP contribution in [0.5, 0.6) is 0 Å². The molecular formula is C18H18N4O2S. The Balaban J connectivity index is 1.77. The molecule has 0 unspecified atom stereocenters. The molecule has 0 aliphatic heterocycles. The van der Waals surface area contributed by atoms with E-state index in [9.17, 15) is 9.59 Å². The Morgan fingerprint density at radius 3 is 2.84 bits per heavy atom. The van der Waals surface area contributed by atoms with Gasteiger partial charge in [0.2, 0.25) is 5.91 Å². The molecule has 7 heteroatoms. The first-order valence-electron chi connectivity index (χ1n) is 7.87. The third kappa shape index (κ3) is 4.00. The molecule has 3 aromatic heterocycles. The average molecular weight is 354 g/mol. The van der Waals surface area contributed by atoms with Gasteiger partial charge in [0.25, 0.3) is 5.56 Å². The van der Waals surface area contributed by atoms with Gasteiger partial charge in [-0.3, -0.25) is 14.6 Å². The molecule has 0 saturated heterocycles. The van der Waals surface area contributed by atoms with Gasteiger partial charge in [0.15, 0.2) is 0 Å². The van der Waals surface area contributed by atoms with Crippen LogP contribution in [-0.2, 0) is 11.2 Å². The lowest BCUT2D eigenvalue weighted by atomic mass is 10.1. The summed E-state index contributed by atoms with van der Waals surface area (Å²) in [7, 11) is 0. The normalized spacial score (nSPS) is 11.9. The smallest absolute Gasteiger partial charge is 0.255 e. The summed E-state index contributed by atoms with van der Waals surface area (Å²) >= 11 is 1.58. The summed E-state index contributed by atoms with van der Waals surface area (Å²) in [5, 5.41) is 4.88. The number of rotatable bonds is 5. The van der Waals surface area contributed by atoms with Crippen molar-refractivity contribution < 1.29 is 4.79 Å². The summed E-state index contributed by atoms with van der Waals surface area (Å²) in [5.41, 5.74) is 1.35. The maximum atomic E-state index is 12.4. The minimum atomic E-state index is -0.301. The minimum Gasteiger partial charge on any atom is -0.348 e. The Kier molecular flexibility index (Phi) is 5.04. The standard InChI is InChI=1S/C18H18N4O2S/c1-11-14(9-16(23)20-12(2)15-6-4-8-25-15)18(24)22-17(21-11)13-5-3-7-19-10-13/h3-8,10,12H,9H2,1-2H3,(H,20,23)(H,21,22,24)/t12-/m1/s1. The summed E-state index contributed by atoms with van der Waals surface area (Å²) in [6.45, 7) is 3.66. The molecule has 3 aromatic rings. The van der Waals surface area contributed by atoms with Crippen LogP contribution in [0.4, 0.5) is 0 Å². The summed E-state index contributed by atoms with van der Waals surface area (Å²) in [5.74, 6) is 0.247. The molecule has 0 aromatic carbocycles. The molecule has 0 bridgehead atoms. The summed E-state index contributed by atoms with van der Waals surface area (Å²) in [6, 6.07) is 7.42. The van der Waals surface area contributed by atoms with Gasteiger partial charge in [-0.05, 0) is 37.4 Å². The first-order chi connectivity index (χ1) is 12.0. The Labute approximate surface area is 149 Å². The van der Waals surface area contributed by atoms with Gasteiger partial charge in [-0.15, -0.1) is 11.3 Å². The van der Waals surface area contributed by atoms with Crippen molar-refractivity contribution in [1.29, 1.82) is 0 Å². The number of nitrogens with one attached hydrogen (secondary N) is 2. The van der Waals surface area contributed by atoms with Crippen LogP contribution in [0.3, 0.4) is 0 Å². The fraction of sp³-hybridized carbons (Fsp3) is 0.222. The first-order valence-corrected chi connectivity index (χ1v) is 8.75. The van der Waals surface area contributed by atoms with Gasteiger partial charge in [0.1, 0.15) is 5.82 Å². The van der Waals surface area contributed by atoms with Gasteiger partial charge in [0, 0.05) is 34.1 Å². The molecule has 0 radical (unpaired) electrons. The van der Waals surface area contributed by atoms with E-state index in [-0.39, 0.29) is 23.9 Å². The number of amides is 1. The number of carbonyl (C=O) groups is 1. The number of hydrogen-bond acceptors (Lipinski definition) is 5. The number of pyridine rings is 1. The minimum absolute atomic E-state index is 0.00278. The van der Waals surface area contributed by atoms with E-state index in [1.54, 1.807) is 36.7 Å². The third-order valence-corrected chi connectivity index (χ3v) is 4.90. The molecule has 1 atom stereocenters. The van der Waals surface area contributed by atoms with Crippen LogP contribution in [0.15, 0.2) is 46.8 Å². The van der Waals surface area contributed by atoms with Crippen molar-refractivity contribution in [3.8, 4) is 11.4 Å². The van der Waals surface area contributed by atoms with Crippen LogP contribution in [0.1, 0.15) is 29.1 Å². The number of aromatic amines is 1. The van der Waals surface area contributed by atoms with Gasteiger partial charge in [-0.25, -0.2) is 4.98 Å². The maximum Gasteiger partial charge on any atom is 0.255 e. The van der Waals surface area contributed by atoms with E-state index in [1.165, 1.54) is 0 Å². The molecule has 6 nitrogen and oxygen atoms in total. The molecule has 128 valence electrons. The summed E-state index contributed by atoms with van der Waals surface area (Å²) < 4.78 is 0. The van der Waals surface area contributed by atoms with Gasteiger partial charge in [-0.2, -0.15) is 0 Å². The zero-order valence-corrected chi connectivity index (χ0v) is 14.8. The number of H-pyrrole nitrogens is 1. The highest BCUT2D eigenvalue weighted by Crippen LogP contribution is 2.18. The summed E-state index contributed by atoms with van der Waals surface area (Å²) in [4.78, 5) is 36.9. The largest absolute Gasteiger partial charge is 0.348 e. The van der Waals surface area contributed by atoms with Crippen molar-refractivity contribution in [2.45, 2.75) is 26.3 Å². The van der Waals surface area contributed by atoms with Crippen LogP contribution in [0, 0.1) is 6.92 Å². The van der Waals surface area contributed by atoms with Crippen molar-refractivity contribution in [1.82, 2.24) is 20.3 Å². The van der Waals surface area contributed by atoms with Crippen molar-refractivity contribution in [3.05, 3.63) is 68.5 Å². The highest BCUT2D eigenvalue weighted by Gasteiger charge is 2.16. The molecule has 3 heterocycles. The maximum absolute atomic E-state index is 12.4. The Hall–Kier alpha value is -2.80. The SMILES string of the molecule is Cc1nc(-c2cccnc2)[nH]c(=O)c1CC(=O)N[C@H](C)c1cccs1. The third-order valence-electron chi connectivity index (χ3n) is 3.84. The fourth-order valence-corrected chi connectivity index (χ4v) is 3.25. The van der Waals surface area contributed by atoms with Crippen LogP contribution in [0.25, 0.3) is 11.4 Å². The molecule has 0 aliphatic rings. The second kappa shape index (κ2) is 7.40. The molecule has 2 N–H and O–H groups in total. The van der Waals surface area contributed by atoms with Gasteiger partial charge in [-0.1, -0.05) is 6.07 Å². The van der Waals surface area contributed by atoms with E-state index < -0.39 is 0 Å². The number of nitrogens with zero attached hydrogens (tertiary/aromatic N) is 2. The Morgan fingerprint density at radius 1 is 1.36 bits per heavy atom. The predicted octanol–water partition coefficient (Wildman–Crippen LogP) is 2.62. The molecule has 25 heavy (non-hydrogen) atoms. The Bertz CT molecular complexity index is 920. The zero-order valence-electron chi connectivity index (χ0n) is 13.9. The average Bonchev–Trinajstić information content (AvgIpc) is 3.13. The monoisotopic (exact) mass is 354 g/mol. The first kappa shape index (κ1) is 17.0. The topological polar surface area (TPSA) is 87.7 Å². The molecular weight excluding hydrogens is 336 g/mol. The van der Waals surface area contributed by atoms with Crippen molar-refractivity contribution in [2.75, 3.05) is 0 Å². The molecule has 0 aliphatic carbocycles. The molecule has 0 fully saturated rings. The lowest BCUT2D eigenvalue weighted by molar-refractivity contribution is -0.121. The Morgan fingerprint density at radius 2 is 2.20 bits per heavy atom. The van der Waals surface area contributed by atoms with Crippen molar-refractivity contribution in [3.63, 3.8) is 0 Å². The van der Waals surface area contributed by atoms with Gasteiger partial charge >= 0.3 is 0 Å². The van der Waals surface area contributed by atoms with E-state index in [1.807, 2.05) is 30.5 Å². The molecule has 0 saturated carbocycles. The van der Waals surface area contributed by atoms with E-state index in [4.69, 9.17) is 0 Å².